The molecule has 0 saturated heterocycles. The van der Waals surface area contributed by atoms with E-state index in [2.05, 4.69) is 76.2 Å². The summed E-state index contributed by atoms with van der Waals surface area (Å²) in [5.74, 6) is 0. The average Bonchev–Trinajstić information content (AvgIpc) is 2.63. The lowest BCUT2D eigenvalue weighted by Crippen LogP contribution is -2.47. The zero-order valence-electron chi connectivity index (χ0n) is 15.0. The first-order valence-corrected chi connectivity index (χ1v) is 8.82. The molecular formula is C22H29N. The molecule has 0 N–H and O–H groups in total. The van der Waals surface area contributed by atoms with Gasteiger partial charge in [0, 0.05) is 0 Å². The zero-order chi connectivity index (χ0) is 16.7. The van der Waals surface area contributed by atoms with E-state index in [0.717, 1.165) is 0 Å². The van der Waals surface area contributed by atoms with Crippen molar-refractivity contribution >= 4 is 21.5 Å². The highest BCUT2D eigenvalue weighted by Crippen LogP contribution is 2.21. The van der Waals surface area contributed by atoms with Gasteiger partial charge in [-0.15, -0.1) is 41.1 Å². The van der Waals surface area contributed by atoms with E-state index in [1.165, 1.54) is 52.2 Å². The highest BCUT2D eigenvalue weighted by atomic mass is 15.3. The van der Waals surface area contributed by atoms with Gasteiger partial charge in [0.15, 0.2) is 0 Å². The molecule has 0 fully saturated rings. The van der Waals surface area contributed by atoms with Crippen LogP contribution in [0.25, 0.3) is 21.5 Å². The Hall–Kier alpha value is -1.86. The van der Waals surface area contributed by atoms with Gasteiger partial charge < -0.3 is 4.48 Å². The average molecular weight is 307 g/mol. The summed E-state index contributed by atoms with van der Waals surface area (Å²) in [6.07, 6.45) is 0. The molecule has 0 aliphatic heterocycles. The molecule has 0 bridgehead atoms. The molecule has 0 amide bonds. The number of benzene rings is 3. The maximum Gasteiger partial charge on any atom is 0.0757 e. The van der Waals surface area contributed by atoms with Crippen LogP contribution >= 0.6 is 0 Å². The maximum absolute atomic E-state index is 3.24. The molecule has 0 aliphatic rings. The van der Waals surface area contributed by atoms with Crippen molar-refractivity contribution < 1.29 is 4.48 Å². The Balaban J connectivity index is 0.000000188. The van der Waals surface area contributed by atoms with E-state index < -0.39 is 0 Å². The Morgan fingerprint density at radius 3 is 1.74 bits per heavy atom. The van der Waals surface area contributed by atoms with E-state index in [0.29, 0.717) is 0 Å². The van der Waals surface area contributed by atoms with E-state index >= 15 is 0 Å². The summed E-state index contributed by atoms with van der Waals surface area (Å²) in [7, 11) is 0. The van der Waals surface area contributed by atoms with Crippen LogP contribution in [0.5, 0.6) is 0 Å². The van der Waals surface area contributed by atoms with Crippen LogP contribution < -0.4 is 0 Å². The van der Waals surface area contributed by atoms with Crippen molar-refractivity contribution in [2.75, 3.05) is 26.2 Å². The molecule has 0 spiro atoms. The molecule has 3 aromatic carbocycles. The van der Waals surface area contributed by atoms with Crippen LogP contribution in [0.1, 0.15) is 27.7 Å². The van der Waals surface area contributed by atoms with Gasteiger partial charge >= 0.3 is 0 Å². The van der Waals surface area contributed by atoms with Crippen LogP contribution in [-0.2, 0) is 0 Å². The predicted molar refractivity (Wildman–Crippen MR) is 103 cm³/mol. The van der Waals surface area contributed by atoms with E-state index in [1.54, 1.807) is 0 Å². The van der Waals surface area contributed by atoms with Crippen LogP contribution in [0.2, 0.25) is 0 Å². The number of nitrogens with zero attached hydrogens (tertiary/aromatic N) is 1. The third kappa shape index (κ3) is 4.11. The van der Waals surface area contributed by atoms with Gasteiger partial charge in [-0.05, 0) is 33.1 Å². The van der Waals surface area contributed by atoms with Crippen molar-refractivity contribution in [3.05, 3.63) is 60.7 Å². The topological polar surface area (TPSA) is 0 Å². The predicted octanol–water partition coefficient (Wildman–Crippen LogP) is 5.68. The third-order valence-corrected chi connectivity index (χ3v) is 5.21. The van der Waals surface area contributed by atoms with Crippen molar-refractivity contribution in [3.8, 4) is 0 Å². The molecule has 0 radical (unpaired) electrons. The fourth-order valence-electron chi connectivity index (χ4n) is 3.15. The highest BCUT2D eigenvalue weighted by Gasteiger charge is 2.16. The lowest BCUT2D eigenvalue weighted by atomic mass is 10.0. The first-order valence-electron chi connectivity index (χ1n) is 8.82. The second-order valence-corrected chi connectivity index (χ2v) is 6.06. The minimum Gasteiger partial charge on any atom is -0.325 e. The number of quaternary nitrogens is 1. The van der Waals surface area contributed by atoms with Crippen molar-refractivity contribution in [3.63, 3.8) is 0 Å². The SMILES string of the molecule is CC[N+](CC)(CC)CC.[c-]1cccc2cc3ccccc3cc12. The molecule has 3 rings (SSSR count). The Bertz CT molecular complexity index is 618. The monoisotopic (exact) mass is 307 g/mol. The molecule has 1 heteroatoms. The van der Waals surface area contributed by atoms with Crippen LogP contribution in [0.3, 0.4) is 0 Å². The van der Waals surface area contributed by atoms with Gasteiger partial charge in [0.05, 0.1) is 26.2 Å². The Labute approximate surface area is 141 Å². The molecule has 1 nitrogen and oxygen atoms in total. The van der Waals surface area contributed by atoms with Crippen molar-refractivity contribution in [1.29, 1.82) is 0 Å². The first-order chi connectivity index (χ1) is 11.2. The third-order valence-electron chi connectivity index (χ3n) is 5.21. The zero-order valence-corrected chi connectivity index (χ0v) is 15.0. The second kappa shape index (κ2) is 8.12. The lowest BCUT2D eigenvalue weighted by Gasteiger charge is -2.34. The summed E-state index contributed by atoms with van der Waals surface area (Å²) in [5.41, 5.74) is 0. The Morgan fingerprint density at radius 1 is 0.696 bits per heavy atom. The van der Waals surface area contributed by atoms with E-state index in [1.807, 2.05) is 12.1 Å². The number of hydrogen-bond acceptors (Lipinski definition) is 0. The van der Waals surface area contributed by atoms with Gasteiger partial charge in [0.2, 0.25) is 0 Å². The number of hydrogen-bond donors (Lipinski definition) is 0. The molecule has 0 atom stereocenters. The summed E-state index contributed by atoms with van der Waals surface area (Å²) in [6, 6.07) is 22.2. The van der Waals surface area contributed by atoms with Crippen molar-refractivity contribution in [2.24, 2.45) is 0 Å². The van der Waals surface area contributed by atoms with Gasteiger partial charge in [0.1, 0.15) is 0 Å². The van der Waals surface area contributed by atoms with Gasteiger partial charge in [-0.3, -0.25) is 0 Å². The summed E-state index contributed by atoms with van der Waals surface area (Å²) >= 11 is 0. The van der Waals surface area contributed by atoms with Crippen LogP contribution in [0.4, 0.5) is 0 Å². The molecule has 122 valence electrons. The maximum atomic E-state index is 3.24. The molecule has 0 saturated carbocycles. The van der Waals surface area contributed by atoms with Crippen molar-refractivity contribution in [1.82, 2.24) is 0 Å². The van der Waals surface area contributed by atoms with Crippen LogP contribution in [0.15, 0.2) is 54.6 Å². The summed E-state index contributed by atoms with van der Waals surface area (Å²) < 4.78 is 1.28. The Kier molecular flexibility index (Phi) is 6.18. The fourth-order valence-corrected chi connectivity index (χ4v) is 3.15. The van der Waals surface area contributed by atoms with Crippen LogP contribution in [0, 0.1) is 6.07 Å². The quantitative estimate of drug-likeness (QED) is 0.331. The van der Waals surface area contributed by atoms with E-state index in [9.17, 15) is 0 Å². The lowest BCUT2D eigenvalue weighted by molar-refractivity contribution is -0.921. The normalized spacial score (nSPS) is 11.3. The van der Waals surface area contributed by atoms with Gasteiger partial charge in [-0.25, -0.2) is 0 Å². The molecule has 23 heavy (non-hydrogen) atoms. The van der Waals surface area contributed by atoms with Gasteiger partial charge in [-0.1, -0.05) is 35.7 Å². The largest absolute Gasteiger partial charge is 0.325 e. The second-order valence-electron chi connectivity index (χ2n) is 6.06. The highest BCUT2D eigenvalue weighted by molar-refractivity contribution is 5.97. The molecular weight excluding hydrogens is 278 g/mol. The smallest absolute Gasteiger partial charge is 0.0757 e. The van der Waals surface area contributed by atoms with E-state index in [4.69, 9.17) is 0 Å². The standard InChI is InChI=1S/C14H9.C8H20N/c1-2-6-12-10-14-8-4-3-7-13(14)9-11(12)5-1;1-5-9(6-2,7-3)8-4/h1-7,9-10H;5-8H2,1-4H3/q-1;+1. The van der Waals surface area contributed by atoms with E-state index in [-0.39, 0.29) is 0 Å². The Morgan fingerprint density at radius 2 is 1.22 bits per heavy atom. The number of fused-ring (bicyclic) bond motifs is 2. The first kappa shape index (κ1) is 17.5. The van der Waals surface area contributed by atoms with Gasteiger partial charge in [0.25, 0.3) is 0 Å². The number of rotatable bonds is 4. The van der Waals surface area contributed by atoms with Crippen molar-refractivity contribution in [2.45, 2.75) is 27.7 Å². The minimum atomic E-state index is 1.19. The molecule has 3 aromatic rings. The molecule has 0 heterocycles. The fraction of sp³-hybridized carbons (Fsp3) is 0.364. The molecule has 0 unspecified atom stereocenters. The summed E-state index contributed by atoms with van der Waals surface area (Å²) in [4.78, 5) is 0. The summed E-state index contributed by atoms with van der Waals surface area (Å²) in [5, 5.41) is 5.01. The minimum absolute atomic E-state index is 1.19. The molecule has 0 aliphatic carbocycles. The van der Waals surface area contributed by atoms with Gasteiger partial charge in [-0.2, -0.15) is 0 Å². The molecule has 0 aromatic heterocycles. The summed E-state index contributed by atoms with van der Waals surface area (Å²) in [6.45, 7) is 14.2. The van der Waals surface area contributed by atoms with Crippen LogP contribution in [-0.4, -0.2) is 30.7 Å².